The summed E-state index contributed by atoms with van der Waals surface area (Å²) in [5.74, 6) is 0. The molecule has 1 saturated heterocycles. The van der Waals surface area contributed by atoms with Crippen molar-refractivity contribution in [3.05, 3.63) is 27.7 Å². The Bertz CT molecular complexity index is 549. The smallest absolute Gasteiger partial charge is 0.243 e. The molecule has 1 atom stereocenters. The van der Waals surface area contributed by atoms with E-state index in [1.54, 1.807) is 6.07 Å². The number of hydrogen-bond acceptors (Lipinski definition) is 3. The summed E-state index contributed by atoms with van der Waals surface area (Å²) >= 11 is 9.11. The van der Waals surface area contributed by atoms with Crippen molar-refractivity contribution in [1.82, 2.24) is 4.31 Å². The monoisotopic (exact) mass is 353 g/mol. The van der Waals surface area contributed by atoms with Gasteiger partial charge in [0.05, 0.1) is 23.1 Å². The van der Waals surface area contributed by atoms with E-state index in [2.05, 4.69) is 15.9 Å². The van der Waals surface area contributed by atoms with Gasteiger partial charge in [-0.15, -0.1) is 0 Å². The predicted molar refractivity (Wildman–Crippen MR) is 73.3 cm³/mol. The summed E-state index contributed by atoms with van der Waals surface area (Å²) in [6.45, 7) is 3.07. The molecular weight excluding hydrogens is 342 g/mol. The number of sulfonamides is 1. The lowest BCUT2D eigenvalue weighted by atomic mass is 10.3. The average Bonchev–Trinajstić information content (AvgIpc) is 2.33. The first-order valence-electron chi connectivity index (χ1n) is 5.47. The van der Waals surface area contributed by atoms with Gasteiger partial charge in [0, 0.05) is 17.1 Å². The van der Waals surface area contributed by atoms with Crippen LogP contribution in [0.25, 0.3) is 0 Å². The number of ether oxygens (including phenoxy) is 1. The Morgan fingerprint density at radius 1 is 1.50 bits per heavy atom. The van der Waals surface area contributed by atoms with E-state index in [1.807, 2.05) is 6.92 Å². The number of rotatable bonds is 2. The molecule has 4 nitrogen and oxygen atoms in total. The van der Waals surface area contributed by atoms with E-state index in [9.17, 15) is 8.42 Å². The molecule has 1 aliphatic rings. The molecular formula is C11H13BrClNO3S. The van der Waals surface area contributed by atoms with E-state index in [1.165, 1.54) is 16.4 Å². The van der Waals surface area contributed by atoms with Crippen molar-refractivity contribution < 1.29 is 13.2 Å². The predicted octanol–water partition coefficient (Wildman–Crippen LogP) is 2.51. The third kappa shape index (κ3) is 2.72. The standard InChI is InChI=1S/C11H13BrClNO3S/c1-8-7-17-5-4-14(8)18(15,16)9-2-3-11(13)10(12)6-9/h2-3,6,8H,4-5,7H2,1H3/t8-/m1/s1. The van der Waals surface area contributed by atoms with Crippen LogP contribution in [0.15, 0.2) is 27.6 Å². The van der Waals surface area contributed by atoms with Crippen LogP contribution in [0.4, 0.5) is 0 Å². The second kappa shape index (κ2) is 5.46. The van der Waals surface area contributed by atoms with Crippen LogP contribution in [-0.4, -0.2) is 38.5 Å². The number of nitrogens with zero attached hydrogens (tertiary/aromatic N) is 1. The Kier molecular flexibility index (Phi) is 4.33. The van der Waals surface area contributed by atoms with Crippen LogP contribution in [0.1, 0.15) is 6.92 Å². The number of morpholine rings is 1. The van der Waals surface area contributed by atoms with Crippen molar-refractivity contribution in [3.63, 3.8) is 0 Å². The maximum Gasteiger partial charge on any atom is 0.243 e. The topological polar surface area (TPSA) is 46.6 Å². The molecule has 1 aliphatic heterocycles. The van der Waals surface area contributed by atoms with E-state index >= 15 is 0 Å². The summed E-state index contributed by atoms with van der Waals surface area (Å²) in [5.41, 5.74) is 0. The van der Waals surface area contributed by atoms with E-state index in [0.29, 0.717) is 29.3 Å². The van der Waals surface area contributed by atoms with Gasteiger partial charge in [0.2, 0.25) is 10.0 Å². The minimum absolute atomic E-state index is 0.154. The van der Waals surface area contributed by atoms with Crippen molar-refractivity contribution in [1.29, 1.82) is 0 Å². The van der Waals surface area contributed by atoms with Gasteiger partial charge in [-0.05, 0) is 41.1 Å². The fraction of sp³-hybridized carbons (Fsp3) is 0.455. The van der Waals surface area contributed by atoms with Gasteiger partial charge in [0.1, 0.15) is 0 Å². The summed E-state index contributed by atoms with van der Waals surface area (Å²) in [6.07, 6.45) is 0. The molecule has 0 saturated carbocycles. The van der Waals surface area contributed by atoms with Crippen molar-refractivity contribution in [3.8, 4) is 0 Å². The van der Waals surface area contributed by atoms with E-state index in [4.69, 9.17) is 16.3 Å². The Hall–Kier alpha value is -0.140. The molecule has 1 fully saturated rings. The van der Waals surface area contributed by atoms with Crippen molar-refractivity contribution >= 4 is 37.6 Å². The summed E-state index contributed by atoms with van der Waals surface area (Å²) < 4.78 is 32.2. The molecule has 0 aliphatic carbocycles. The first kappa shape index (κ1) is 14.3. The first-order valence-corrected chi connectivity index (χ1v) is 8.08. The third-order valence-electron chi connectivity index (χ3n) is 2.80. The van der Waals surface area contributed by atoms with Gasteiger partial charge in [0.15, 0.2) is 0 Å². The molecule has 100 valence electrons. The molecule has 0 spiro atoms. The fourth-order valence-electron chi connectivity index (χ4n) is 1.84. The van der Waals surface area contributed by atoms with Crippen LogP contribution in [0.3, 0.4) is 0 Å². The minimum atomic E-state index is -3.49. The van der Waals surface area contributed by atoms with Gasteiger partial charge in [-0.25, -0.2) is 8.42 Å². The molecule has 0 unspecified atom stereocenters. The summed E-state index contributed by atoms with van der Waals surface area (Å²) in [4.78, 5) is 0.243. The highest BCUT2D eigenvalue weighted by Gasteiger charge is 2.31. The van der Waals surface area contributed by atoms with Crippen LogP contribution in [0.2, 0.25) is 5.02 Å². The van der Waals surface area contributed by atoms with Crippen LogP contribution in [0.5, 0.6) is 0 Å². The molecule has 0 aromatic heterocycles. The SMILES string of the molecule is C[C@@H]1COCCN1S(=O)(=O)c1ccc(Cl)c(Br)c1. The Labute approximate surface area is 120 Å². The second-order valence-corrected chi connectivity index (χ2v) is 7.27. The van der Waals surface area contributed by atoms with Crippen LogP contribution in [-0.2, 0) is 14.8 Å². The average molecular weight is 355 g/mol. The summed E-state index contributed by atoms with van der Waals surface area (Å²) in [5, 5.41) is 0.490. The van der Waals surface area contributed by atoms with E-state index in [0.717, 1.165) is 0 Å². The zero-order valence-electron chi connectivity index (χ0n) is 9.77. The zero-order chi connectivity index (χ0) is 13.3. The van der Waals surface area contributed by atoms with Crippen LogP contribution >= 0.6 is 27.5 Å². The molecule has 1 aromatic rings. The highest BCUT2D eigenvalue weighted by molar-refractivity contribution is 9.10. The van der Waals surface area contributed by atoms with Gasteiger partial charge in [-0.3, -0.25) is 0 Å². The maximum absolute atomic E-state index is 12.5. The van der Waals surface area contributed by atoms with Crippen molar-refractivity contribution in [2.24, 2.45) is 0 Å². The minimum Gasteiger partial charge on any atom is -0.378 e. The largest absolute Gasteiger partial charge is 0.378 e. The lowest BCUT2D eigenvalue weighted by molar-refractivity contribution is 0.0393. The number of hydrogen-bond donors (Lipinski definition) is 0. The lowest BCUT2D eigenvalue weighted by Gasteiger charge is -2.32. The van der Waals surface area contributed by atoms with Gasteiger partial charge in [0.25, 0.3) is 0 Å². The van der Waals surface area contributed by atoms with Gasteiger partial charge in [-0.2, -0.15) is 4.31 Å². The van der Waals surface area contributed by atoms with Crippen molar-refractivity contribution in [2.75, 3.05) is 19.8 Å². The highest BCUT2D eigenvalue weighted by atomic mass is 79.9. The van der Waals surface area contributed by atoms with Crippen LogP contribution in [0, 0.1) is 0 Å². The Morgan fingerprint density at radius 2 is 2.22 bits per heavy atom. The molecule has 0 N–H and O–H groups in total. The lowest BCUT2D eigenvalue weighted by Crippen LogP contribution is -2.46. The maximum atomic E-state index is 12.5. The quantitative estimate of drug-likeness (QED) is 0.820. The Balaban J connectivity index is 2.37. The molecule has 0 amide bonds. The Morgan fingerprint density at radius 3 is 2.83 bits per heavy atom. The summed E-state index contributed by atoms with van der Waals surface area (Å²) in [7, 11) is -3.49. The third-order valence-corrected chi connectivity index (χ3v) is 6.03. The van der Waals surface area contributed by atoms with E-state index in [-0.39, 0.29) is 10.9 Å². The second-order valence-electron chi connectivity index (χ2n) is 4.12. The number of halogens is 2. The van der Waals surface area contributed by atoms with Gasteiger partial charge in [-0.1, -0.05) is 11.6 Å². The zero-order valence-corrected chi connectivity index (χ0v) is 12.9. The van der Waals surface area contributed by atoms with E-state index < -0.39 is 10.0 Å². The molecule has 7 heteroatoms. The van der Waals surface area contributed by atoms with Gasteiger partial charge < -0.3 is 4.74 Å². The van der Waals surface area contributed by atoms with Crippen LogP contribution < -0.4 is 0 Å². The molecule has 0 bridgehead atoms. The molecule has 1 aromatic carbocycles. The molecule has 1 heterocycles. The number of benzene rings is 1. The van der Waals surface area contributed by atoms with Gasteiger partial charge >= 0.3 is 0 Å². The first-order chi connectivity index (χ1) is 8.43. The molecule has 2 rings (SSSR count). The summed E-state index contributed by atoms with van der Waals surface area (Å²) in [6, 6.07) is 4.46. The molecule has 0 radical (unpaired) electrons. The van der Waals surface area contributed by atoms with Crippen molar-refractivity contribution in [2.45, 2.75) is 17.9 Å². The fourth-order valence-corrected chi connectivity index (χ4v) is 4.12. The molecule has 18 heavy (non-hydrogen) atoms. The highest BCUT2D eigenvalue weighted by Crippen LogP contribution is 2.28. The normalized spacial score (nSPS) is 22.1.